The second-order valence-electron chi connectivity index (χ2n) is 3.90. The molecule has 0 aliphatic heterocycles. The van der Waals surface area contributed by atoms with Crippen LogP contribution in [0.15, 0.2) is 27.5 Å². The molecular formula is C11H11N3O6S. The number of ether oxygens (including phenoxy) is 1. The van der Waals surface area contributed by atoms with Gasteiger partial charge in [-0.05, 0) is 18.2 Å². The first-order valence-corrected chi connectivity index (χ1v) is 7.06. The average Bonchev–Trinajstić information content (AvgIpc) is 2.82. The molecule has 2 aromatic rings. The lowest BCUT2D eigenvalue weighted by molar-refractivity contribution is 0.0696. The van der Waals surface area contributed by atoms with Gasteiger partial charge in [-0.25, -0.2) is 17.9 Å². The van der Waals surface area contributed by atoms with Crippen molar-refractivity contribution in [2.45, 2.75) is 11.8 Å². The zero-order chi connectivity index (χ0) is 15.6. The van der Waals surface area contributed by atoms with E-state index >= 15 is 0 Å². The lowest BCUT2D eigenvalue weighted by Crippen LogP contribution is -2.15. The van der Waals surface area contributed by atoms with Crippen molar-refractivity contribution in [3.63, 3.8) is 0 Å². The van der Waals surface area contributed by atoms with E-state index in [-0.39, 0.29) is 28.1 Å². The minimum Gasteiger partial charge on any atom is -0.495 e. The number of carbonyl (C=O) groups is 1. The summed E-state index contributed by atoms with van der Waals surface area (Å²) in [6, 6.07) is 3.14. The Morgan fingerprint density at radius 2 is 2.10 bits per heavy atom. The fourth-order valence-electron chi connectivity index (χ4n) is 1.53. The summed E-state index contributed by atoms with van der Waals surface area (Å²) in [5.41, 5.74) is -0.196. The van der Waals surface area contributed by atoms with Crippen molar-refractivity contribution < 1.29 is 27.5 Å². The van der Waals surface area contributed by atoms with Crippen molar-refractivity contribution >= 4 is 22.0 Å². The Balaban J connectivity index is 2.47. The number of aromatic nitrogens is 2. The normalized spacial score (nSPS) is 11.1. The first kappa shape index (κ1) is 14.8. The lowest BCUT2D eigenvalue weighted by atomic mass is 10.2. The van der Waals surface area contributed by atoms with Crippen LogP contribution in [0.25, 0.3) is 0 Å². The second kappa shape index (κ2) is 5.40. The third-order valence-electron chi connectivity index (χ3n) is 2.45. The number of rotatable bonds is 5. The molecule has 0 aliphatic carbocycles. The molecule has 0 fully saturated rings. The number of carboxylic acids is 1. The number of nitrogens with one attached hydrogen (secondary N) is 1. The van der Waals surface area contributed by atoms with Gasteiger partial charge < -0.3 is 14.3 Å². The van der Waals surface area contributed by atoms with Crippen molar-refractivity contribution in [2.24, 2.45) is 0 Å². The number of methoxy groups -OCH3 is 1. The molecule has 0 unspecified atom stereocenters. The molecule has 2 N–H and O–H groups in total. The van der Waals surface area contributed by atoms with Gasteiger partial charge in [0.2, 0.25) is 5.89 Å². The Hall–Kier alpha value is -2.62. The van der Waals surface area contributed by atoms with Gasteiger partial charge in [0.25, 0.3) is 10.0 Å². The smallest absolute Gasteiger partial charge is 0.335 e. The molecule has 0 radical (unpaired) electrons. The number of carboxylic acid groups (broad SMARTS) is 1. The highest BCUT2D eigenvalue weighted by atomic mass is 32.2. The van der Waals surface area contributed by atoms with Crippen LogP contribution in [-0.4, -0.2) is 36.8 Å². The van der Waals surface area contributed by atoms with Gasteiger partial charge in [-0.2, -0.15) is 0 Å². The second-order valence-corrected chi connectivity index (χ2v) is 5.55. The summed E-state index contributed by atoms with van der Waals surface area (Å²) in [5.74, 6) is -1.09. The van der Waals surface area contributed by atoms with Gasteiger partial charge in [-0.15, -0.1) is 5.10 Å². The fraction of sp³-hybridized carbons (Fsp3) is 0.182. The van der Waals surface area contributed by atoms with E-state index in [0.717, 1.165) is 6.07 Å². The average molecular weight is 313 g/mol. The fourth-order valence-corrected chi connectivity index (χ4v) is 2.65. The number of hydrogen-bond acceptors (Lipinski definition) is 7. The molecule has 2 rings (SSSR count). The zero-order valence-corrected chi connectivity index (χ0v) is 11.8. The minimum atomic E-state index is -4.13. The maximum Gasteiger partial charge on any atom is 0.335 e. The van der Waals surface area contributed by atoms with Crippen molar-refractivity contribution in [3.05, 3.63) is 29.7 Å². The summed E-state index contributed by atoms with van der Waals surface area (Å²) >= 11 is 0. The number of hydrogen-bond donors (Lipinski definition) is 2. The van der Waals surface area contributed by atoms with Gasteiger partial charge in [-0.1, -0.05) is 5.10 Å². The third kappa shape index (κ3) is 3.11. The van der Waals surface area contributed by atoms with Gasteiger partial charge >= 0.3 is 12.0 Å². The highest BCUT2D eigenvalue weighted by Crippen LogP contribution is 2.26. The van der Waals surface area contributed by atoms with Crippen LogP contribution in [0.4, 0.5) is 6.01 Å². The van der Waals surface area contributed by atoms with Crippen molar-refractivity contribution in [1.29, 1.82) is 0 Å². The molecule has 1 heterocycles. The van der Waals surface area contributed by atoms with Crippen LogP contribution in [0, 0.1) is 6.92 Å². The van der Waals surface area contributed by atoms with Crippen LogP contribution < -0.4 is 9.46 Å². The highest BCUT2D eigenvalue weighted by Gasteiger charge is 2.23. The van der Waals surface area contributed by atoms with Crippen LogP contribution >= 0.6 is 0 Å². The van der Waals surface area contributed by atoms with E-state index in [1.807, 2.05) is 0 Å². The Morgan fingerprint density at radius 3 is 2.62 bits per heavy atom. The number of aromatic carboxylic acids is 1. The number of sulfonamides is 1. The number of anilines is 1. The quantitative estimate of drug-likeness (QED) is 0.831. The predicted octanol–water partition coefficient (Wildman–Crippen LogP) is 0.886. The van der Waals surface area contributed by atoms with Gasteiger partial charge in [0.1, 0.15) is 10.6 Å². The molecule has 1 aromatic heterocycles. The van der Waals surface area contributed by atoms with Crippen LogP contribution in [0.5, 0.6) is 5.75 Å². The van der Waals surface area contributed by atoms with Gasteiger partial charge in [0.15, 0.2) is 0 Å². The molecule has 0 spiro atoms. The molecule has 0 atom stereocenters. The van der Waals surface area contributed by atoms with Gasteiger partial charge in [0, 0.05) is 6.92 Å². The molecule has 0 bridgehead atoms. The molecule has 0 saturated carbocycles. The Kier molecular flexibility index (Phi) is 3.80. The van der Waals surface area contributed by atoms with Crippen LogP contribution in [0.3, 0.4) is 0 Å². The minimum absolute atomic E-state index is 0.0104. The molecule has 0 aliphatic rings. The van der Waals surface area contributed by atoms with Crippen LogP contribution in [0.2, 0.25) is 0 Å². The third-order valence-corrected chi connectivity index (χ3v) is 3.79. The van der Waals surface area contributed by atoms with Crippen LogP contribution in [0.1, 0.15) is 16.2 Å². The van der Waals surface area contributed by atoms with E-state index in [0.29, 0.717) is 0 Å². The topological polar surface area (TPSA) is 132 Å². The van der Waals surface area contributed by atoms with E-state index in [1.54, 1.807) is 0 Å². The van der Waals surface area contributed by atoms with E-state index in [1.165, 1.54) is 26.2 Å². The summed E-state index contributed by atoms with van der Waals surface area (Å²) in [7, 11) is -2.86. The number of aryl methyl sites for hydroxylation is 1. The highest BCUT2D eigenvalue weighted by molar-refractivity contribution is 7.92. The summed E-state index contributed by atoms with van der Waals surface area (Å²) < 4.78 is 36.4. The van der Waals surface area contributed by atoms with E-state index < -0.39 is 16.0 Å². The molecule has 9 nitrogen and oxygen atoms in total. The van der Waals surface area contributed by atoms with Crippen molar-refractivity contribution in [2.75, 3.05) is 11.8 Å². The van der Waals surface area contributed by atoms with Crippen molar-refractivity contribution in [3.8, 4) is 5.75 Å². The molecule has 21 heavy (non-hydrogen) atoms. The molecule has 1 aromatic carbocycles. The molecule has 0 amide bonds. The number of benzene rings is 1. The Bertz CT molecular complexity index is 783. The SMILES string of the molecule is COc1ccc(C(=O)O)cc1S(=O)(=O)Nc1nnc(C)o1. The zero-order valence-electron chi connectivity index (χ0n) is 11.0. The summed E-state index contributed by atoms with van der Waals surface area (Å²) in [6.07, 6.45) is 0. The molecule has 10 heteroatoms. The predicted molar refractivity (Wildman–Crippen MR) is 69.8 cm³/mol. The van der Waals surface area contributed by atoms with E-state index in [4.69, 9.17) is 14.3 Å². The Morgan fingerprint density at radius 1 is 1.38 bits per heavy atom. The maximum atomic E-state index is 12.3. The Labute approximate surface area is 119 Å². The van der Waals surface area contributed by atoms with E-state index in [9.17, 15) is 13.2 Å². The van der Waals surface area contributed by atoms with E-state index in [2.05, 4.69) is 14.9 Å². The number of nitrogens with zero attached hydrogens (tertiary/aromatic N) is 2. The van der Waals surface area contributed by atoms with Gasteiger partial charge in [0.05, 0.1) is 12.7 Å². The lowest BCUT2D eigenvalue weighted by Gasteiger charge is -2.10. The van der Waals surface area contributed by atoms with Crippen molar-refractivity contribution in [1.82, 2.24) is 10.2 Å². The molecule has 0 saturated heterocycles. The maximum absolute atomic E-state index is 12.3. The largest absolute Gasteiger partial charge is 0.495 e. The van der Waals surface area contributed by atoms with Gasteiger partial charge in [-0.3, -0.25) is 0 Å². The molecule has 112 valence electrons. The molecular weight excluding hydrogens is 302 g/mol. The monoisotopic (exact) mass is 313 g/mol. The summed E-state index contributed by atoms with van der Waals surface area (Å²) in [6.45, 7) is 1.50. The summed E-state index contributed by atoms with van der Waals surface area (Å²) in [4.78, 5) is 10.6. The van der Waals surface area contributed by atoms with Crippen LogP contribution in [-0.2, 0) is 10.0 Å². The summed E-state index contributed by atoms with van der Waals surface area (Å²) in [5, 5.41) is 15.9. The first-order chi connectivity index (χ1) is 9.83. The standard InChI is InChI=1S/C11H11N3O6S/c1-6-12-13-11(20-6)14-21(17,18)9-5-7(10(15)16)3-4-8(9)19-2/h3-5H,1-2H3,(H,13,14)(H,15,16). The first-order valence-electron chi connectivity index (χ1n) is 5.58.